The molecule has 0 aliphatic heterocycles. The molecule has 0 aliphatic rings. The van der Waals surface area contributed by atoms with E-state index in [0.717, 1.165) is 15.9 Å². The maximum absolute atomic E-state index is 9.18. The van der Waals surface area contributed by atoms with Crippen LogP contribution in [0.5, 0.6) is 0 Å². The lowest BCUT2D eigenvalue weighted by molar-refractivity contribution is -0.128. The highest BCUT2D eigenvalue weighted by atomic mass is 35.5. The zero-order valence-corrected chi connectivity index (χ0v) is 9.12. The van der Waals surface area contributed by atoms with Gasteiger partial charge in [0.2, 0.25) is 0 Å². The van der Waals surface area contributed by atoms with Crippen LogP contribution in [0.4, 0.5) is 0 Å². The van der Waals surface area contributed by atoms with E-state index < -0.39 is 0 Å². The molecule has 2 aromatic rings. The lowest BCUT2D eigenvalue weighted by Gasteiger charge is -1.89. The van der Waals surface area contributed by atoms with E-state index in [4.69, 9.17) is 11.6 Å². The van der Waals surface area contributed by atoms with Crippen molar-refractivity contribution in [2.45, 2.75) is 6.92 Å². The fourth-order valence-corrected chi connectivity index (χ4v) is 1.35. The third kappa shape index (κ3) is 3.29. The number of nitrogens with one attached hydrogen (secondary N) is 1. The van der Waals surface area contributed by atoms with Gasteiger partial charge < -0.3 is 9.72 Å². The molecule has 0 spiro atoms. The molecule has 1 N–H and O–H groups in total. The third-order valence-electron chi connectivity index (χ3n) is 1.78. The summed E-state index contributed by atoms with van der Waals surface area (Å²) in [6.45, 7) is 2.66. The van der Waals surface area contributed by atoms with Gasteiger partial charge >= 0.3 is 0 Å². The predicted molar refractivity (Wildman–Crippen MR) is 61.0 cm³/mol. The van der Waals surface area contributed by atoms with Crippen molar-refractivity contribution in [1.29, 1.82) is 0 Å². The highest BCUT2D eigenvalue weighted by Gasteiger charge is 1.95. The van der Waals surface area contributed by atoms with Gasteiger partial charge in [-0.25, -0.2) is 0 Å². The molecule has 2 rings (SSSR count). The van der Waals surface area contributed by atoms with Gasteiger partial charge in [-0.15, -0.1) is 0 Å². The Bertz CT molecular complexity index is 425. The first-order valence-electron chi connectivity index (χ1n) is 4.56. The molecule has 0 radical (unpaired) electrons. The quantitative estimate of drug-likeness (QED) is 0.799. The maximum Gasteiger partial charge on any atom is 0.293 e. The van der Waals surface area contributed by atoms with Crippen LogP contribution >= 0.6 is 11.6 Å². The molecule has 80 valence electrons. The van der Waals surface area contributed by atoms with E-state index >= 15 is 0 Å². The zero-order valence-electron chi connectivity index (χ0n) is 8.37. The van der Waals surface area contributed by atoms with Gasteiger partial charge in [0.25, 0.3) is 6.47 Å². The van der Waals surface area contributed by atoms with Gasteiger partial charge in [-0.2, -0.15) is 0 Å². The van der Waals surface area contributed by atoms with Crippen LogP contribution in [0.15, 0.2) is 30.5 Å². The topological polar surface area (TPSA) is 42.1 Å². The smallest absolute Gasteiger partial charge is 0.293 e. The predicted octanol–water partition coefficient (Wildman–Crippen LogP) is 3.00. The Kier molecular flexibility index (Phi) is 4.71. The van der Waals surface area contributed by atoms with E-state index in [-0.39, 0.29) is 0 Å². The molecule has 3 nitrogen and oxygen atoms in total. The Balaban J connectivity index is 0.000000195. The highest BCUT2D eigenvalue weighted by Crippen LogP contribution is 2.21. The number of fused-ring (bicyclic) bond motifs is 1. The largest absolute Gasteiger partial charge is 0.468 e. The Morgan fingerprint density at radius 1 is 1.47 bits per heavy atom. The van der Waals surface area contributed by atoms with Gasteiger partial charge in [-0.1, -0.05) is 17.7 Å². The Hall–Kier alpha value is -1.48. The first kappa shape index (κ1) is 11.6. The Morgan fingerprint density at radius 2 is 2.27 bits per heavy atom. The number of carbonyl (C=O) groups excluding carboxylic acids is 1. The Morgan fingerprint density at radius 3 is 2.80 bits per heavy atom. The molecule has 1 heterocycles. The van der Waals surface area contributed by atoms with Crippen molar-refractivity contribution >= 4 is 29.0 Å². The lowest BCUT2D eigenvalue weighted by Crippen LogP contribution is -1.80. The average molecular weight is 226 g/mol. The van der Waals surface area contributed by atoms with Crippen LogP contribution < -0.4 is 0 Å². The number of rotatable bonds is 2. The molecular formula is C11H12ClNO2. The molecule has 0 aliphatic carbocycles. The number of ether oxygens (including phenoxy) is 1. The molecule has 4 heteroatoms. The first-order chi connectivity index (χ1) is 7.29. The van der Waals surface area contributed by atoms with Crippen molar-refractivity contribution in [3.8, 4) is 0 Å². The maximum atomic E-state index is 9.18. The van der Waals surface area contributed by atoms with E-state index in [9.17, 15) is 4.79 Å². The summed E-state index contributed by atoms with van der Waals surface area (Å²) in [5.41, 5.74) is 1.09. The van der Waals surface area contributed by atoms with Gasteiger partial charge in [-0.05, 0) is 25.1 Å². The molecule has 0 atom stereocenters. The van der Waals surface area contributed by atoms with E-state index in [1.165, 1.54) is 0 Å². The van der Waals surface area contributed by atoms with Gasteiger partial charge in [0, 0.05) is 22.1 Å². The van der Waals surface area contributed by atoms with E-state index in [0.29, 0.717) is 13.1 Å². The second-order valence-electron chi connectivity index (χ2n) is 2.73. The van der Waals surface area contributed by atoms with Crippen LogP contribution in [0.2, 0.25) is 5.02 Å². The minimum absolute atomic E-state index is 0.431. The standard InChI is InChI=1S/C8H6ClN.C3H6O2/c9-7-2-1-3-8-6(7)4-5-10-8;1-2-5-3-4/h1-5,10H;3H,2H2,1H3. The molecular weight excluding hydrogens is 214 g/mol. The molecule has 0 fully saturated rings. The second-order valence-corrected chi connectivity index (χ2v) is 3.14. The normalized spacial score (nSPS) is 9.20. The summed E-state index contributed by atoms with van der Waals surface area (Å²) in [6, 6.07) is 7.79. The van der Waals surface area contributed by atoms with Crippen molar-refractivity contribution in [3.05, 3.63) is 35.5 Å². The van der Waals surface area contributed by atoms with Crippen LogP contribution in [0.25, 0.3) is 10.9 Å². The molecule has 0 bridgehead atoms. The van der Waals surface area contributed by atoms with Crippen LogP contribution in [0, 0.1) is 0 Å². The Labute approximate surface area is 93.0 Å². The fraction of sp³-hybridized carbons (Fsp3) is 0.182. The molecule has 0 unspecified atom stereocenters. The molecule has 1 aromatic heterocycles. The molecule has 0 saturated heterocycles. The summed E-state index contributed by atoms with van der Waals surface area (Å²) >= 11 is 5.88. The number of aromatic amines is 1. The SMILES string of the molecule is CCOC=O.Clc1cccc2[nH]ccc12. The minimum Gasteiger partial charge on any atom is -0.468 e. The summed E-state index contributed by atoms with van der Waals surface area (Å²) in [7, 11) is 0. The van der Waals surface area contributed by atoms with Crippen molar-refractivity contribution in [1.82, 2.24) is 4.98 Å². The summed E-state index contributed by atoms with van der Waals surface area (Å²) in [5.74, 6) is 0. The minimum atomic E-state index is 0.431. The fourth-order valence-electron chi connectivity index (χ4n) is 1.12. The van der Waals surface area contributed by atoms with Crippen LogP contribution in [-0.4, -0.2) is 18.1 Å². The third-order valence-corrected chi connectivity index (χ3v) is 2.11. The van der Waals surface area contributed by atoms with E-state index in [2.05, 4.69) is 9.72 Å². The highest BCUT2D eigenvalue weighted by molar-refractivity contribution is 6.35. The van der Waals surface area contributed by atoms with Crippen molar-refractivity contribution in [2.24, 2.45) is 0 Å². The van der Waals surface area contributed by atoms with Crippen molar-refractivity contribution < 1.29 is 9.53 Å². The molecule has 15 heavy (non-hydrogen) atoms. The zero-order chi connectivity index (χ0) is 11.1. The number of halogens is 1. The average Bonchev–Trinajstić information content (AvgIpc) is 2.69. The number of benzene rings is 1. The molecule has 0 amide bonds. The number of aromatic nitrogens is 1. The van der Waals surface area contributed by atoms with Gasteiger partial charge in [0.15, 0.2) is 0 Å². The van der Waals surface area contributed by atoms with Gasteiger partial charge in [0.05, 0.1) is 6.61 Å². The number of carbonyl (C=O) groups is 1. The first-order valence-corrected chi connectivity index (χ1v) is 4.94. The monoisotopic (exact) mass is 225 g/mol. The van der Waals surface area contributed by atoms with E-state index in [1.807, 2.05) is 30.5 Å². The molecule has 0 saturated carbocycles. The second kappa shape index (κ2) is 6.09. The van der Waals surface area contributed by atoms with Gasteiger partial charge in [0.1, 0.15) is 0 Å². The van der Waals surface area contributed by atoms with Crippen LogP contribution in [-0.2, 0) is 9.53 Å². The lowest BCUT2D eigenvalue weighted by atomic mass is 10.2. The van der Waals surface area contributed by atoms with Crippen molar-refractivity contribution in [2.75, 3.05) is 6.61 Å². The summed E-state index contributed by atoms with van der Waals surface area (Å²) in [4.78, 5) is 12.3. The van der Waals surface area contributed by atoms with E-state index in [1.54, 1.807) is 6.92 Å². The van der Waals surface area contributed by atoms with Crippen molar-refractivity contribution in [3.63, 3.8) is 0 Å². The summed E-state index contributed by atoms with van der Waals surface area (Å²) in [5, 5.41) is 1.89. The summed E-state index contributed by atoms with van der Waals surface area (Å²) < 4.78 is 4.15. The van der Waals surface area contributed by atoms with Gasteiger partial charge in [-0.3, -0.25) is 4.79 Å². The van der Waals surface area contributed by atoms with Crippen LogP contribution in [0.3, 0.4) is 0 Å². The van der Waals surface area contributed by atoms with Crippen LogP contribution in [0.1, 0.15) is 6.92 Å². The number of H-pyrrole nitrogens is 1. The molecule has 1 aromatic carbocycles. The number of hydrogen-bond acceptors (Lipinski definition) is 2. The summed E-state index contributed by atoms with van der Waals surface area (Å²) in [6.07, 6.45) is 1.89. The number of hydrogen-bond donors (Lipinski definition) is 1.